The fraction of sp³-hybridized carbons (Fsp3) is 0.455. The highest BCUT2D eigenvalue weighted by atomic mass is 79.9. The highest BCUT2D eigenvalue weighted by molar-refractivity contribution is 9.11. The van der Waals surface area contributed by atoms with E-state index in [-0.39, 0.29) is 0 Å². The van der Waals surface area contributed by atoms with E-state index in [9.17, 15) is 52.7 Å². The molecule has 0 saturated heterocycles. The molecule has 0 amide bonds. The Bertz CT molecular complexity index is 899. The molecule has 0 saturated carbocycles. The Morgan fingerprint density at radius 2 is 1.17 bits per heavy atom. The van der Waals surface area contributed by atoms with Crippen LogP contribution in [0.4, 0.5) is 52.7 Å². The predicted molar refractivity (Wildman–Crippen MR) is 75.0 cm³/mol. The van der Waals surface area contributed by atoms with E-state index >= 15 is 0 Å². The van der Waals surface area contributed by atoms with Gasteiger partial charge in [0, 0.05) is 0 Å². The number of rotatable bonds is 5. The van der Waals surface area contributed by atoms with E-state index in [4.69, 9.17) is 0 Å². The third-order valence-electron chi connectivity index (χ3n) is 3.09. The molecular weight excluding hydrogens is 578 g/mol. The molecule has 0 N–H and O–H groups in total. The first-order valence-electron chi connectivity index (χ1n) is 6.48. The van der Waals surface area contributed by atoms with Gasteiger partial charge in [-0.25, -0.2) is 17.9 Å². The molecule has 2 aromatic rings. The maximum absolute atomic E-state index is 13.9. The van der Waals surface area contributed by atoms with E-state index in [0.717, 1.165) is 0 Å². The van der Waals surface area contributed by atoms with Gasteiger partial charge in [-0.2, -0.15) is 39.5 Å². The van der Waals surface area contributed by atoms with Gasteiger partial charge in [-0.1, -0.05) is 0 Å². The third kappa shape index (κ3) is 3.89. The van der Waals surface area contributed by atoms with Gasteiger partial charge in [0.2, 0.25) is 0 Å². The molecule has 18 heteroatoms. The van der Waals surface area contributed by atoms with Crippen molar-refractivity contribution in [1.82, 2.24) is 15.0 Å². The molecule has 0 fully saturated rings. The van der Waals surface area contributed by atoms with E-state index in [1.807, 2.05) is 0 Å². The minimum absolute atomic E-state index is 0.805. The van der Waals surface area contributed by atoms with Crippen LogP contribution in [0.5, 0.6) is 0 Å². The molecule has 1 aromatic carbocycles. The largest absolute Gasteiger partial charge is 0.462 e. The summed E-state index contributed by atoms with van der Waals surface area (Å²) in [6, 6.07) is 0. The zero-order valence-electron chi connectivity index (χ0n) is 12.6. The molecule has 0 aliphatic rings. The van der Waals surface area contributed by atoms with Gasteiger partial charge in [0.05, 0.1) is 8.95 Å². The number of nitrogens with zero attached hydrogens (tertiary/aromatic N) is 3. The standard InChI is InChI=1S/C11HBr2F12N3O/c12-1-3(14)4(15)2(13)6-5(1)26-28(27-6)7(16)8(17,18)29-11(24,25)9(19,20)10(21,22)23/h7H. The Hall–Kier alpha value is -1.30. The molecule has 1 aromatic heterocycles. The Balaban J connectivity index is 2.47. The van der Waals surface area contributed by atoms with Gasteiger partial charge < -0.3 is 0 Å². The number of aromatic nitrogens is 3. The normalized spacial score (nSPS) is 15.2. The first-order valence-corrected chi connectivity index (χ1v) is 8.06. The smallest absolute Gasteiger partial charge is 0.246 e. The van der Waals surface area contributed by atoms with E-state index in [1.165, 1.54) is 0 Å². The van der Waals surface area contributed by atoms with Gasteiger partial charge in [-0.05, 0) is 31.9 Å². The molecule has 164 valence electrons. The fourth-order valence-electron chi connectivity index (χ4n) is 1.70. The Morgan fingerprint density at radius 3 is 1.52 bits per heavy atom. The van der Waals surface area contributed by atoms with Crippen molar-refractivity contribution < 1.29 is 57.4 Å². The van der Waals surface area contributed by atoms with Crippen molar-refractivity contribution in [3.8, 4) is 0 Å². The van der Waals surface area contributed by atoms with Crippen molar-refractivity contribution in [1.29, 1.82) is 0 Å². The summed E-state index contributed by atoms with van der Waals surface area (Å²) in [5.41, 5.74) is -1.66. The van der Waals surface area contributed by atoms with Crippen LogP contribution in [-0.4, -0.2) is 39.3 Å². The average molecular weight is 579 g/mol. The highest BCUT2D eigenvalue weighted by Gasteiger charge is 2.77. The second-order valence-electron chi connectivity index (χ2n) is 5.06. The Labute approximate surface area is 167 Å². The van der Waals surface area contributed by atoms with Crippen LogP contribution in [0.1, 0.15) is 6.30 Å². The number of alkyl halides is 10. The van der Waals surface area contributed by atoms with Crippen molar-refractivity contribution >= 4 is 42.9 Å². The van der Waals surface area contributed by atoms with Crippen LogP contribution in [0.2, 0.25) is 0 Å². The molecule has 29 heavy (non-hydrogen) atoms. The Morgan fingerprint density at radius 1 is 0.793 bits per heavy atom. The summed E-state index contributed by atoms with van der Waals surface area (Å²) in [6.45, 7) is 0. The number of halogens is 14. The summed E-state index contributed by atoms with van der Waals surface area (Å²) in [7, 11) is 0. The molecule has 4 nitrogen and oxygen atoms in total. The predicted octanol–water partition coefficient (Wildman–Crippen LogP) is 6.10. The topological polar surface area (TPSA) is 39.9 Å². The van der Waals surface area contributed by atoms with E-state index in [2.05, 4.69) is 46.8 Å². The van der Waals surface area contributed by atoms with Crippen LogP contribution < -0.4 is 0 Å². The lowest BCUT2D eigenvalue weighted by Crippen LogP contribution is -2.56. The molecule has 1 heterocycles. The molecule has 0 aliphatic heterocycles. The molecule has 1 atom stereocenters. The molecule has 0 radical (unpaired) electrons. The summed E-state index contributed by atoms with van der Waals surface area (Å²) in [5.74, 6) is -10.4. The average Bonchev–Trinajstić information content (AvgIpc) is 3.00. The Kier molecular flexibility index (Phi) is 5.90. The minimum atomic E-state index is -7.12. The first-order chi connectivity index (χ1) is 12.8. The lowest BCUT2D eigenvalue weighted by Gasteiger charge is -2.31. The van der Waals surface area contributed by atoms with Crippen LogP contribution in [-0.2, 0) is 4.74 Å². The van der Waals surface area contributed by atoms with Crippen LogP contribution >= 0.6 is 31.9 Å². The van der Waals surface area contributed by atoms with Gasteiger partial charge in [0.15, 0.2) is 11.6 Å². The van der Waals surface area contributed by atoms with Crippen molar-refractivity contribution in [2.45, 2.75) is 30.6 Å². The number of ether oxygens (including phenoxy) is 1. The zero-order chi connectivity index (χ0) is 22.7. The van der Waals surface area contributed by atoms with E-state index in [1.54, 1.807) is 0 Å². The molecule has 2 rings (SSSR count). The van der Waals surface area contributed by atoms with Gasteiger partial charge >= 0.3 is 24.3 Å². The highest BCUT2D eigenvalue weighted by Crippen LogP contribution is 2.50. The molecule has 0 aliphatic carbocycles. The molecule has 0 bridgehead atoms. The summed E-state index contributed by atoms with van der Waals surface area (Å²) < 4.78 is 156. The van der Waals surface area contributed by atoms with Crippen molar-refractivity contribution in [2.75, 3.05) is 0 Å². The lowest BCUT2D eigenvalue weighted by molar-refractivity contribution is -0.483. The summed E-state index contributed by atoms with van der Waals surface area (Å²) >= 11 is 4.88. The maximum atomic E-state index is 13.9. The summed E-state index contributed by atoms with van der Waals surface area (Å²) in [5, 5.41) is 5.83. The molecular formula is C11HBr2F12N3O. The fourth-order valence-corrected chi connectivity index (χ4v) is 2.59. The summed E-state index contributed by atoms with van der Waals surface area (Å²) in [6.07, 6.45) is -24.3. The minimum Gasteiger partial charge on any atom is -0.246 e. The van der Waals surface area contributed by atoms with Crippen LogP contribution in [0.25, 0.3) is 11.0 Å². The quantitative estimate of drug-likeness (QED) is 0.244. The van der Waals surface area contributed by atoms with Gasteiger partial charge in [0.1, 0.15) is 11.0 Å². The van der Waals surface area contributed by atoms with Gasteiger partial charge in [0.25, 0.3) is 6.30 Å². The van der Waals surface area contributed by atoms with E-state index in [0.29, 0.717) is 0 Å². The maximum Gasteiger partial charge on any atom is 0.462 e. The number of fused-ring (bicyclic) bond motifs is 1. The van der Waals surface area contributed by atoms with Crippen molar-refractivity contribution in [2.24, 2.45) is 0 Å². The second-order valence-corrected chi connectivity index (χ2v) is 6.65. The van der Waals surface area contributed by atoms with Gasteiger partial charge in [-0.3, -0.25) is 0 Å². The summed E-state index contributed by atoms with van der Waals surface area (Å²) in [4.78, 5) is -0.805. The lowest BCUT2D eigenvalue weighted by atomic mass is 10.3. The molecule has 1 unspecified atom stereocenters. The van der Waals surface area contributed by atoms with Crippen molar-refractivity contribution in [3.63, 3.8) is 0 Å². The first kappa shape index (κ1) is 24.0. The third-order valence-corrected chi connectivity index (χ3v) is 4.54. The van der Waals surface area contributed by atoms with Crippen LogP contribution in [0, 0.1) is 11.6 Å². The van der Waals surface area contributed by atoms with E-state index < -0.39 is 67.0 Å². The number of benzene rings is 1. The van der Waals surface area contributed by atoms with Gasteiger partial charge in [-0.15, -0.1) is 15.0 Å². The zero-order valence-corrected chi connectivity index (χ0v) is 15.8. The van der Waals surface area contributed by atoms with Crippen LogP contribution in [0.15, 0.2) is 8.95 Å². The van der Waals surface area contributed by atoms with Crippen molar-refractivity contribution in [3.05, 3.63) is 20.6 Å². The molecule has 0 spiro atoms. The SMILES string of the molecule is Fc1c(F)c(Br)c2nn(C(F)C(F)(F)OC(F)(F)C(F)(F)C(F)(F)F)nc2c1Br. The second kappa shape index (κ2) is 7.14. The number of hydrogen-bond acceptors (Lipinski definition) is 3. The van der Waals surface area contributed by atoms with Crippen LogP contribution in [0.3, 0.4) is 0 Å². The monoisotopic (exact) mass is 577 g/mol. The number of hydrogen-bond donors (Lipinski definition) is 0.